The Balaban J connectivity index is 1.83. The minimum atomic E-state index is -0.348. The number of ether oxygens (including phenoxy) is 1. The Hall–Kier alpha value is -1.30. The van der Waals surface area contributed by atoms with Crippen molar-refractivity contribution in [2.45, 2.75) is 18.9 Å². The molecule has 1 aromatic rings. The van der Waals surface area contributed by atoms with Crippen LogP contribution >= 0.6 is 23.2 Å². The number of likely N-dealkylation sites (tertiary alicyclic amines) is 1. The molecule has 0 atom stereocenters. The number of rotatable bonds is 4. The van der Waals surface area contributed by atoms with E-state index < -0.39 is 0 Å². The molecule has 1 fully saturated rings. The molecule has 0 spiro atoms. The summed E-state index contributed by atoms with van der Waals surface area (Å²) in [6, 6.07) is 4.60. The van der Waals surface area contributed by atoms with Gasteiger partial charge in [0.05, 0.1) is 22.7 Å². The number of methoxy groups -OCH3 is 1. The molecule has 0 radical (unpaired) electrons. The van der Waals surface area contributed by atoms with Gasteiger partial charge in [0, 0.05) is 25.8 Å². The molecule has 22 heavy (non-hydrogen) atoms. The third kappa shape index (κ3) is 4.35. The Labute approximate surface area is 139 Å². The molecule has 1 aromatic carbocycles. The van der Waals surface area contributed by atoms with Crippen molar-refractivity contribution in [3.05, 3.63) is 33.8 Å². The van der Waals surface area contributed by atoms with E-state index in [2.05, 4.69) is 5.32 Å². The molecule has 1 aliphatic heterocycles. The van der Waals surface area contributed by atoms with Crippen LogP contribution in [-0.2, 0) is 9.53 Å². The lowest BCUT2D eigenvalue weighted by molar-refractivity contribution is -0.132. The maximum absolute atomic E-state index is 12.1. The lowest BCUT2D eigenvalue weighted by Crippen LogP contribution is -2.45. The SMILES string of the molecule is COC1CCN(C(=O)CNC(=O)c2ccc(Cl)c(Cl)c2)CC1. The third-order valence-corrected chi connectivity index (χ3v) is 4.45. The lowest BCUT2D eigenvalue weighted by atomic mass is 10.1. The van der Waals surface area contributed by atoms with Crippen molar-refractivity contribution in [3.8, 4) is 0 Å². The molecule has 1 N–H and O–H groups in total. The minimum Gasteiger partial charge on any atom is -0.381 e. The number of hydrogen-bond acceptors (Lipinski definition) is 3. The molecule has 1 aliphatic rings. The fraction of sp³-hybridized carbons (Fsp3) is 0.467. The first-order valence-corrected chi connectivity index (χ1v) is 7.80. The van der Waals surface area contributed by atoms with Crippen molar-refractivity contribution < 1.29 is 14.3 Å². The first-order valence-electron chi connectivity index (χ1n) is 7.05. The third-order valence-electron chi connectivity index (χ3n) is 3.71. The molecule has 7 heteroatoms. The molecule has 2 amide bonds. The zero-order chi connectivity index (χ0) is 16.1. The summed E-state index contributed by atoms with van der Waals surface area (Å²) in [5.41, 5.74) is 0.375. The summed E-state index contributed by atoms with van der Waals surface area (Å²) in [6.45, 7) is 1.27. The Morgan fingerprint density at radius 2 is 1.95 bits per heavy atom. The molecule has 1 heterocycles. The standard InChI is InChI=1S/C15H18Cl2N2O3/c1-22-11-4-6-19(7-5-11)14(20)9-18-15(21)10-2-3-12(16)13(17)8-10/h2-3,8,11H,4-7,9H2,1H3,(H,18,21). The van der Waals surface area contributed by atoms with Gasteiger partial charge in [-0.1, -0.05) is 23.2 Å². The topological polar surface area (TPSA) is 58.6 Å². The van der Waals surface area contributed by atoms with Crippen LogP contribution in [0.4, 0.5) is 0 Å². The van der Waals surface area contributed by atoms with Crippen LogP contribution < -0.4 is 5.32 Å². The molecule has 0 saturated carbocycles. The van der Waals surface area contributed by atoms with Crippen molar-refractivity contribution in [2.24, 2.45) is 0 Å². The van der Waals surface area contributed by atoms with E-state index in [1.54, 1.807) is 24.1 Å². The molecule has 1 saturated heterocycles. The van der Waals surface area contributed by atoms with Crippen molar-refractivity contribution in [2.75, 3.05) is 26.7 Å². The maximum atomic E-state index is 12.1. The van der Waals surface area contributed by atoms with Crippen molar-refractivity contribution in [3.63, 3.8) is 0 Å². The van der Waals surface area contributed by atoms with Gasteiger partial charge in [-0.15, -0.1) is 0 Å². The van der Waals surface area contributed by atoms with Gasteiger partial charge in [-0.3, -0.25) is 9.59 Å². The van der Waals surface area contributed by atoms with E-state index in [0.29, 0.717) is 28.7 Å². The van der Waals surface area contributed by atoms with Crippen LogP contribution in [0.5, 0.6) is 0 Å². The van der Waals surface area contributed by atoms with Crippen LogP contribution in [0, 0.1) is 0 Å². The minimum absolute atomic E-state index is 0.0310. The number of amides is 2. The average molecular weight is 345 g/mol. The highest BCUT2D eigenvalue weighted by atomic mass is 35.5. The van der Waals surface area contributed by atoms with Crippen molar-refractivity contribution >= 4 is 35.0 Å². The molecule has 120 valence electrons. The molecule has 0 aromatic heterocycles. The molecule has 0 unspecified atom stereocenters. The number of hydrogen-bond donors (Lipinski definition) is 1. The zero-order valence-electron chi connectivity index (χ0n) is 12.3. The average Bonchev–Trinajstić information content (AvgIpc) is 2.54. The van der Waals surface area contributed by atoms with Gasteiger partial charge in [0.25, 0.3) is 5.91 Å². The summed E-state index contributed by atoms with van der Waals surface area (Å²) in [5.74, 6) is -0.443. The van der Waals surface area contributed by atoms with Gasteiger partial charge in [0.15, 0.2) is 0 Å². The van der Waals surface area contributed by atoms with Gasteiger partial charge < -0.3 is 15.0 Å². The van der Waals surface area contributed by atoms with Gasteiger partial charge in [0.2, 0.25) is 5.91 Å². The van der Waals surface area contributed by atoms with Crippen LogP contribution in [0.15, 0.2) is 18.2 Å². The summed E-state index contributed by atoms with van der Waals surface area (Å²) >= 11 is 11.7. The second-order valence-electron chi connectivity index (χ2n) is 5.13. The summed E-state index contributed by atoms with van der Waals surface area (Å²) in [6.07, 6.45) is 1.86. The van der Waals surface area contributed by atoms with Crippen LogP contribution in [0.3, 0.4) is 0 Å². The summed E-state index contributed by atoms with van der Waals surface area (Å²) in [4.78, 5) is 25.8. The van der Waals surface area contributed by atoms with E-state index >= 15 is 0 Å². The summed E-state index contributed by atoms with van der Waals surface area (Å²) in [5, 5.41) is 3.30. The smallest absolute Gasteiger partial charge is 0.251 e. The van der Waals surface area contributed by atoms with E-state index in [1.807, 2.05) is 0 Å². The number of nitrogens with one attached hydrogen (secondary N) is 1. The second-order valence-corrected chi connectivity index (χ2v) is 5.94. The van der Waals surface area contributed by atoms with Gasteiger partial charge in [-0.05, 0) is 31.0 Å². The Kier molecular flexibility index (Phi) is 6.06. The second kappa shape index (κ2) is 7.81. The number of halogens is 2. The molecule has 0 bridgehead atoms. The van der Waals surface area contributed by atoms with Gasteiger partial charge in [-0.2, -0.15) is 0 Å². The fourth-order valence-corrected chi connectivity index (χ4v) is 2.65. The van der Waals surface area contributed by atoms with Gasteiger partial charge in [0.1, 0.15) is 0 Å². The molecular weight excluding hydrogens is 327 g/mol. The van der Waals surface area contributed by atoms with E-state index in [1.165, 1.54) is 6.07 Å². The molecule has 5 nitrogen and oxygen atoms in total. The molecule has 0 aliphatic carbocycles. The Bertz CT molecular complexity index is 558. The highest BCUT2D eigenvalue weighted by molar-refractivity contribution is 6.42. The van der Waals surface area contributed by atoms with E-state index in [0.717, 1.165) is 12.8 Å². The predicted molar refractivity (Wildman–Crippen MR) is 85.4 cm³/mol. The number of carbonyl (C=O) groups excluding carboxylic acids is 2. The predicted octanol–water partition coefficient (Wildman–Crippen LogP) is 2.36. The van der Waals surface area contributed by atoms with Gasteiger partial charge >= 0.3 is 0 Å². The normalized spacial score (nSPS) is 15.7. The van der Waals surface area contributed by atoms with Crippen LogP contribution in [0.1, 0.15) is 23.2 Å². The maximum Gasteiger partial charge on any atom is 0.251 e. The van der Waals surface area contributed by atoms with E-state index in [9.17, 15) is 9.59 Å². The first kappa shape index (κ1) is 17.1. The quantitative estimate of drug-likeness (QED) is 0.911. The van der Waals surface area contributed by atoms with Crippen LogP contribution in [-0.4, -0.2) is 49.6 Å². The molecule has 2 rings (SSSR count). The van der Waals surface area contributed by atoms with Crippen molar-refractivity contribution in [1.82, 2.24) is 10.2 Å². The summed E-state index contributed by atoms with van der Waals surface area (Å²) in [7, 11) is 1.68. The lowest BCUT2D eigenvalue weighted by Gasteiger charge is -2.31. The summed E-state index contributed by atoms with van der Waals surface area (Å²) < 4.78 is 5.27. The Morgan fingerprint density at radius 1 is 1.27 bits per heavy atom. The van der Waals surface area contributed by atoms with Crippen LogP contribution in [0.25, 0.3) is 0 Å². The number of carbonyl (C=O) groups is 2. The first-order chi connectivity index (χ1) is 10.5. The fourth-order valence-electron chi connectivity index (χ4n) is 2.35. The van der Waals surface area contributed by atoms with E-state index in [4.69, 9.17) is 27.9 Å². The van der Waals surface area contributed by atoms with Crippen LogP contribution in [0.2, 0.25) is 10.0 Å². The monoisotopic (exact) mass is 344 g/mol. The van der Waals surface area contributed by atoms with E-state index in [-0.39, 0.29) is 24.5 Å². The number of benzene rings is 1. The number of nitrogens with zero attached hydrogens (tertiary/aromatic N) is 1. The Morgan fingerprint density at radius 3 is 2.55 bits per heavy atom. The molecular formula is C15H18Cl2N2O3. The highest BCUT2D eigenvalue weighted by Gasteiger charge is 2.22. The largest absolute Gasteiger partial charge is 0.381 e. The zero-order valence-corrected chi connectivity index (χ0v) is 13.8. The van der Waals surface area contributed by atoms with Gasteiger partial charge in [-0.25, -0.2) is 0 Å². The van der Waals surface area contributed by atoms with Crippen molar-refractivity contribution in [1.29, 1.82) is 0 Å². The highest BCUT2D eigenvalue weighted by Crippen LogP contribution is 2.22. The number of piperidine rings is 1.